The number of aromatic nitrogens is 1. The lowest BCUT2D eigenvalue weighted by molar-refractivity contribution is -0.117. The Balaban J connectivity index is 1.75. The van der Waals surface area contributed by atoms with Crippen LogP contribution in [0.1, 0.15) is 30.4 Å². The van der Waals surface area contributed by atoms with Crippen molar-refractivity contribution in [2.24, 2.45) is 5.73 Å². The summed E-state index contributed by atoms with van der Waals surface area (Å²) in [5, 5.41) is 5.11. The minimum absolute atomic E-state index is 0.0496. The zero-order valence-corrected chi connectivity index (χ0v) is 15.5. The van der Waals surface area contributed by atoms with Crippen molar-refractivity contribution in [3.63, 3.8) is 0 Å². The number of hydrogen-bond donors (Lipinski definition) is 2. The Morgan fingerprint density at radius 3 is 2.70 bits per heavy atom. The summed E-state index contributed by atoms with van der Waals surface area (Å²) in [6.45, 7) is 3.68. The second-order valence-electron chi connectivity index (χ2n) is 6.44. The highest BCUT2D eigenvalue weighted by atomic mass is 16.5. The number of amides is 1. The lowest BCUT2D eigenvalue weighted by Crippen LogP contribution is -2.23. The smallest absolute Gasteiger partial charge is 0.231 e. The highest BCUT2D eigenvalue weighted by Crippen LogP contribution is 2.24. The Kier molecular flexibility index (Phi) is 6.52. The molecule has 3 rings (SSSR count). The van der Waals surface area contributed by atoms with E-state index in [2.05, 4.69) is 10.3 Å². The Labute approximate surface area is 159 Å². The molecule has 1 aromatic heterocycles. The highest BCUT2D eigenvalue weighted by Gasteiger charge is 2.20. The lowest BCUT2D eigenvalue weighted by Gasteiger charge is -2.17. The molecule has 2 aromatic carbocycles. The Bertz CT molecular complexity index is 893. The van der Waals surface area contributed by atoms with Crippen molar-refractivity contribution in [1.82, 2.24) is 4.98 Å². The summed E-state index contributed by atoms with van der Waals surface area (Å²) >= 11 is 0. The van der Waals surface area contributed by atoms with Crippen molar-refractivity contribution in [3.8, 4) is 0 Å². The molecule has 0 aliphatic carbocycles. The predicted molar refractivity (Wildman–Crippen MR) is 109 cm³/mol. The monoisotopic (exact) mass is 363 g/mol. The van der Waals surface area contributed by atoms with Gasteiger partial charge in [-0.3, -0.25) is 9.78 Å². The number of nitrogens with zero attached hydrogens (tertiary/aromatic N) is 1. The fourth-order valence-electron chi connectivity index (χ4n) is 3.07. The van der Waals surface area contributed by atoms with Gasteiger partial charge in [0.15, 0.2) is 0 Å². The van der Waals surface area contributed by atoms with E-state index in [1.165, 1.54) is 0 Å². The zero-order valence-electron chi connectivity index (χ0n) is 15.5. The molecule has 0 saturated heterocycles. The molecular weight excluding hydrogens is 338 g/mol. The first-order valence-corrected chi connectivity index (χ1v) is 9.22. The third kappa shape index (κ3) is 4.90. The second kappa shape index (κ2) is 9.26. The van der Waals surface area contributed by atoms with Crippen LogP contribution in [0.2, 0.25) is 0 Å². The molecule has 0 bridgehead atoms. The first-order valence-electron chi connectivity index (χ1n) is 9.22. The van der Waals surface area contributed by atoms with Crippen LogP contribution in [0.3, 0.4) is 0 Å². The van der Waals surface area contributed by atoms with Crippen molar-refractivity contribution >= 4 is 22.4 Å². The number of fused-ring (bicyclic) bond motifs is 1. The molecule has 0 spiro atoms. The van der Waals surface area contributed by atoms with Crippen molar-refractivity contribution in [3.05, 3.63) is 72.1 Å². The molecule has 1 unspecified atom stereocenters. The molecule has 0 saturated carbocycles. The van der Waals surface area contributed by atoms with Crippen LogP contribution in [-0.4, -0.2) is 24.0 Å². The largest absolute Gasteiger partial charge is 0.377 e. The molecule has 3 aromatic rings. The van der Waals surface area contributed by atoms with Gasteiger partial charge in [-0.15, -0.1) is 0 Å². The van der Waals surface area contributed by atoms with Gasteiger partial charge in [0.2, 0.25) is 5.91 Å². The fourth-order valence-corrected chi connectivity index (χ4v) is 3.07. The summed E-state index contributed by atoms with van der Waals surface area (Å²) < 4.78 is 5.43. The van der Waals surface area contributed by atoms with E-state index >= 15 is 0 Å². The van der Waals surface area contributed by atoms with Gasteiger partial charge in [-0.2, -0.15) is 0 Å². The third-order valence-corrected chi connectivity index (χ3v) is 4.53. The average Bonchev–Trinajstić information content (AvgIpc) is 2.71. The molecule has 1 amide bonds. The molecule has 5 nitrogen and oxygen atoms in total. The third-order valence-electron chi connectivity index (χ3n) is 4.53. The Morgan fingerprint density at radius 2 is 1.96 bits per heavy atom. The van der Waals surface area contributed by atoms with Gasteiger partial charge in [0, 0.05) is 30.1 Å². The lowest BCUT2D eigenvalue weighted by atomic mass is 9.94. The minimum Gasteiger partial charge on any atom is -0.377 e. The van der Waals surface area contributed by atoms with Gasteiger partial charge in [-0.1, -0.05) is 30.3 Å². The molecular formula is C22H25N3O2. The van der Waals surface area contributed by atoms with Crippen molar-refractivity contribution in [2.45, 2.75) is 25.9 Å². The summed E-state index contributed by atoms with van der Waals surface area (Å²) in [6, 6.07) is 15.7. The molecule has 140 valence electrons. The number of nitrogens with one attached hydrogen (secondary N) is 1. The van der Waals surface area contributed by atoms with Crippen LogP contribution >= 0.6 is 0 Å². The van der Waals surface area contributed by atoms with Gasteiger partial charge < -0.3 is 15.8 Å². The van der Waals surface area contributed by atoms with Crippen LogP contribution in [0, 0.1) is 0 Å². The average molecular weight is 363 g/mol. The summed E-state index contributed by atoms with van der Waals surface area (Å²) in [5.41, 5.74) is 8.59. The van der Waals surface area contributed by atoms with E-state index < -0.39 is 0 Å². The quantitative estimate of drug-likeness (QED) is 0.637. The van der Waals surface area contributed by atoms with Crippen LogP contribution in [0.25, 0.3) is 10.8 Å². The van der Waals surface area contributed by atoms with Crippen molar-refractivity contribution in [1.29, 1.82) is 0 Å². The molecule has 3 N–H and O–H groups in total. The Morgan fingerprint density at radius 1 is 1.15 bits per heavy atom. The summed E-state index contributed by atoms with van der Waals surface area (Å²) in [5.74, 6) is -0.337. The van der Waals surface area contributed by atoms with E-state index in [0.717, 1.165) is 27.6 Å². The number of pyridine rings is 1. The van der Waals surface area contributed by atoms with Gasteiger partial charge in [-0.05, 0) is 54.6 Å². The van der Waals surface area contributed by atoms with Crippen molar-refractivity contribution < 1.29 is 9.53 Å². The van der Waals surface area contributed by atoms with Gasteiger partial charge in [0.25, 0.3) is 0 Å². The van der Waals surface area contributed by atoms with Crippen LogP contribution in [0.4, 0.5) is 5.69 Å². The molecule has 1 atom stereocenters. The molecule has 1 heterocycles. The maximum atomic E-state index is 12.9. The molecule has 0 fully saturated rings. The normalized spacial score (nSPS) is 12.1. The van der Waals surface area contributed by atoms with E-state index in [4.69, 9.17) is 10.5 Å². The molecule has 0 radical (unpaired) electrons. The zero-order chi connectivity index (χ0) is 19.1. The SMILES string of the molecule is CCOCc1ccc(C(CCN)C(=O)Nc2ccc3cnccc3c2)cc1. The van der Waals surface area contributed by atoms with Crippen LogP contribution in [0.5, 0.6) is 0 Å². The van der Waals surface area contributed by atoms with Crippen LogP contribution in [-0.2, 0) is 16.1 Å². The maximum absolute atomic E-state index is 12.9. The van der Waals surface area contributed by atoms with E-state index in [1.807, 2.05) is 61.7 Å². The summed E-state index contributed by atoms with van der Waals surface area (Å²) in [6.07, 6.45) is 4.14. The maximum Gasteiger partial charge on any atom is 0.231 e. The molecule has 0 aliphatic heterocycles. The number of carbonyl (C=O) groups is 1. The number of rotatable bonds is 8. The van der Waals surface area contributed by atoms with Crippen LogP contribution < -0.4 is 11.1 Å². The van der Waals surface area contributed by atoms with Gasteiger partial charge in [0.1, 0.15) is 0 Å². The minimum atomic E-state index is -0.288. The summed E-state index contributed by atoms with van der Waals surface area (Å²) in [4.78, 5) is 17.0. The number of hydrogen-bond acceptors (Lipinski definition) is 4. The first-order chi connectivity index (χ1) is 13.2. The van der Waals surface area contributed by atoms with E-state index in [-0.39, 0.29) is 11.8 Å². The Hall–Kier alpha value is -2.76. The highest BCUT2D eigenvalue weighted by molar-refractivity contribution is 5.97. The van der Waals surface area contributed by atoms with Crippen LogP contribution in [0.15, 0.2) is 60.9 Å². The standard InChI is InChI=1S/C22H25N3O2/c1-2-27-15-16-3-5-17(6-4-16)21(9-11-23)22(26)25-20-8-7-19-14-24-12-10-18(19)13-20/h3-8,10,12-14,21H,2,9,11,15,23H2,1H3,(H,25,26). The van der Waals surface area contributed by atoms with Crippen molar-refractivity contribution in [2.75, 3.05) is 18.5 Å². The number of nitrogens with two attached hydrogens (primary N) is 1. The van der Waals surface area contributed by atoms with Gasteiger partial charge in [-0.25, -0.2) is 0 Å². The van der Waals surface area contributed by atoms with E-state index in [9.17, 15) is 4.79 Å². The first kappa shape index (κ1) is 19.0. The van der Waals surface area contributed by atoms with Gasteiger partial charge in [0.05, 0.1) is 12.5 Å². The van der Waals surface area contributed by atoms with E-state index in [1.54, 1.807) is 6.20 Å². The summed E-state index contributed by atoms with van der Waals surface area (Å²) in [7, 11) is 0. The number of benzene rings is 2. The predicted octanol–water partition coefficient (Wildman–Crippen LogP) is 3.84. The fraction of sp³-hybridized carbons (Fsp3) is 0.273. The number of ether oxygens (including phenoxy) is 1. The number of carbonyl (C=O) groups excluding carboxylic acids is 1. The topological polar surface area (TPSA) is 77.2 Å². The molecule has 5 heteroatoms. The van der Waals surface area contributed by atoms with Gasteiger partial charge >= 0.3 is 0 Å². The number of anilines is 1. The molecule has 0 aliphatic rings. The molecule has 27 heavy (non-hydrogen) atoms. The van der Waals surface area contributed by atoms with E-state index in [0.29, 0.717) is 26.2 Å². The second-order valence-corrected chi connectivity index (χ2v) is 6.44.